The van der Waals surface area contributed by atoms with Crippen molar-refractivity contribution in [3.05, 3.63) is 76.9 Å². The summed E-state index contributed by atoms with van der Waals surface area (Å²) < 4.78 is 59.3. The van der Waals surface area contributed by atoms with E-state index in [2.05, 4.69) is 10.6 Å². The minimum atomic E-state index is -5.08. The van der Waals surface area contributed by atoms with Crippen LogP contribution < -0.4 is 29.6 Å². The summed E-state index contributed by atoms with van der Waals surface area (Å²) in [4.78, 5) is 48.5. The number of amides is 1. The number of esters is 1. The molecule has 1 amide bonds. The lowest BCUT2D eigenvalue weighted by Crippen LogP contribution is -2.49. The van der Waals surface area contributed by atoms with Gasteiger partial charge in [0.25, 0.3) is 5.91 Å². The molecular weight excluding hydrogens is 657 g/mol. The summed E-state index contributed by atoms with van der Waals surface area (Å²) in [6.07, 6.45) is -4.36. The first-order valence-corrected chi connectivity index (χ1v) is 14.6. The summed E-state index contributed by atoms with van der Waals surface area (Å²) in [6.45, 7) is 1.14. The summed E-state index contributed by atoms with van der Waals surface area (Å²) in [6, 6.07) is 13.0. The van der Waals surface area contributed by atoms with Crippen LogP contribution in [0.3, 0.4) is 0 Å². The highest BCUT2D eigenvalue weighted by Crippen LogP contribution is 2.45. The number of hydrogen-bond donors (Lipinski definition) is 4. The Morgan fingerprint density at radius 3 is 1.82 bits per heavy atom. The van der Waals surface area contributed by atoms with E-state index in [0.29, 0.717) is 30.0 Å². The molecular formula is C33H35F3N2O11. The maximum absolute atomic E-state index is 13.6. The Kier molecular flexibility index (Phi) is 13.2. The molecule has 1 heterocycles. The van der Waals surface area contributed by atoms with Gasteiger partial charge >= 0.3 is 18.1 Å². The van der Waals surface area contributed by atoms with Crippen molar-refractivity contribution in [3.8, 4) is 28.7 Å². The van der Waals surface area contributed by atoms with E-state index in [0.717, 1.165) is 13.0 Å². The van der Waals surface area contributed by atoms with E-state index in [-0.39, 0.29) is 39.8 Å². The lowest BCUT2D eigenvalue weighted by molar-refractivity contribution is -0.192. The van der Waals surface area contributed by atoms with E-state index in [9.17, 15) is 32.7 Å². The molecule has 0 spiro atoms. The number of alkyl halides is 3. The molecule has 0 aromatic heterocycles. The van der Waals surface area contributed by atoms with Crippen molar-refractivity contribution in [1.82, 2.24) is 10.6 Å². The summed E-state index contributed by atoms with van der Waals surface area (Å²) in [5, 5.41) is 22.8. The van der Waals surface area contributed by atoms with E-state index in [1.807, 2.05) is 0 Å². The van der Waals surface area contributed by atoms with Gasteiger partial charge in [-0.25, -0.2) is 9.59 Å². The minimum absolute atomic E-state index is 0.0590. The van der Waals surface area contributed by atoms with Gasteiger partial charge in [-0.15, -0.1) is 0 Å². The van der Waals surface area contributed by atoms with Crippen molar-refractivity contribution in [2.75, 3.05) is 41.5 Å². The Hall–Kier alpha value is -5.51. The first-order valence-electron chi connectivity index (χ1n) is 14.6. The Labute approximate surface area is 278 Å². The molecule has 1 aliphatic rings. The fraction of sp³-hybridized carbons (Fsp3) is 0.333. The number of carboxylic acid groups (broad SMARTS) is 1. The number of rotatable bonds is 10. The molecule has 1 fully saturated rings. The molecule has 0 radical (unpaired) electrons. The molecule has 1 aliphatic heterocycles. The third kappa shape index (κ3) is 9.76. The summed E-state index contributed by atoms with van der Waals surface area (Å²) in [5.74, 6) is -3.08. The molecule has 3 aromatic carbocycles. The van der Waals surface area contributed by atoms with E-state index >= 15 is 0 Å². The van der Waals surface area contributed by atoms with Crippen LogP contribution in [0.25, 0.3) is 0 Å². The van der Waals surface area contributed by atoms with Gasteiger partial charge < -0.3 is 44.5 Å². The van der Waals surface area contributed by atoms with Crippen LogP contribution in [0, 0.1) is 0 Å². The third-order valence-electron chi connectivity index (χ3n) is 7.22. The van der Waals surface area contributed by atoms with E-state index < -0.39 is 36.0 Å². The number of phenolic OH excluding ortho intramolecular Hbond substituents is 1. The van der Waals surface area contributed by atoms with Gasteiger partial charge in [-0.1, -0.05) is 12.1 Å². The normalized spacial score (nSPS) is 15.7. The lowest BCUT2D eigenvalue weighted by atomic mass is 9.99. The van der Waals surface area contributed by atoms with Crippen LogP contribution >= 0.6 is 0 Å². The molecule has 0 saturated carbocycles. The number of carboxylic acids is 1. The van der Waals surface area contributed by atoms with Crippen molar-refractivity contribution >= 4 is 23.6 Å². The molecule has 2 unspecified atom stereocenters. The average molecular weight is 693 g/mol. The van der Waals surface area contributed by atoms with Gasteiger partial charge in [-0.05, 0) is 55.8 Å². The first kappa shape index (κ1) is 37.9. The minimum Gasteiger partial charge on any atom is -0.508 e. The molecule has 4 N–H and O–H groups in total. The van der Waals surface area contributed by atoms with Crippen LogP contribution in [0.1, 0.15) is 49.5 Å². The highest BCUT2D eigenvalue weighted by Gasteiger charge is 2.38. The van der Waals surface area contributed by atoms with Crippen molar-refractivity contribution in [1.29, 1.82) is 0 Å². The zero-order valence-corrected chi connectivity index (χ0v) is 26.9. The molecule has 1 saturated heterocycles. The molecule has 2 atom stereocenters. The molecule has 4 rings (SSSR count). The number of hydrogen-bond acceptors (Lipinski definition) is 11. The monoisotopic (exact) mass is 692 g/mol. The quantitative estimate of drug-likeness (QED) is 0.178. The molecule has 49 heavy (non-hydrogen) atoms. The third-order valence-corrected chi connectivity index (χ3v) is 7.22. The Bertz CT molecular complexity index is 1600. The second kappa shape index (κ2) is 17.1. The standard InChI is InChI=1S/C31H34N2O9.C2HF3O2/c1-38-24-16-25(39-2)29(41-4)26(28(24)40-3)27(35)18-7-9-20(10-8-18)31(37)42-23-6-5-15-32-17-22(23)33-30(36)19-11-13-21(34)14-12-19;3-2(4,5)1(6)7/h7-14,16,22-23,32,34H,5-6,15,17H2,1-4H3,(H,33,36);(H,6,7). The van der Waals surface area contributed by atoms with Crippen molar-refractivity contribution in [2.45, 2.75) is 31.2 Å². The number of ketones is 1. The van der Waals surface area contributed by atoms with Crippen LogP contribution in [-0.4, -0.2) is 93.7 Å². The topological polar surface area (TPSA) is 179 Å². The molecule has 16 heteroatoms. The highest BCUT2D eigenvalue weighted by atomic mass is 19.4. The molecule has 264 valence electrons. The molecule has 0 aliphatic carbocycles. The fourth-order valence-electron chi connectivity index (χ4n) is 4.79. The van der Waals surface area contributed by atoms with E-state index in [1.54, 1.807) is 6.07 Å². The molecule has 0 bridgehead atoms. The van der Waals surface area contributed by atoms with Crippen LogP contribution in [-0.2, 0) is 9.53 Å². The van der Waals surface area contributed by atoms with Crippen LogP contribution in [0.5, 0.6) is 28.7 Å². The van der Waals surface area contributed by atoms with Crippen LogP contribution in [0.2, 0.25) is 0 Å². The van der Waals surface area contributed by atoms with Crippen molar-refractivity contribution < 1.29 is 66.2 Å². The number of methoxy groups -OCH3 is 4. The lowest BCUT2D eigenvalue weighted by Gasteiger charge is -2.26. The number of aromatic hydroxyl groups is 1. The largest absolute Gasteiger partial charge is 0.508 e. The number of phenols is 1. The fourth-order valence-corrected chi connectivity index (χ4v) is 4.79. The zero-order valence-electron chi connectivity index (χ0n) is 26.9. The predicted octanol–water partition coefficient (Wildman–Crippen LogP) is 4.00. The number of nitrogens with one attached hydrogen (secondary N) is 2. The number of carbonyl (C=O) groups is 4. The number of aliphatic carboxylic acids is 1. The second-order valence-corrected chi connectivity index (χ2v) is 10.3. The zero-order chi connectivity index (χ0) is 36.3. The summed E-state index contributed by atoms with van der Waals surface area (Å²) >= 11 is 0. The maximum atomic E-state index is 13.6. The predicted molar refractivity (Wildman–Crippen MR) is 167 cm³/mol. The van der Waals surface area contributed by atoms with Gasteiger partial charge in [0.15, 0.2) is 23.0 Å². The molecule has 3 aromatic rings. The number of halogens is 3. The Balaban J connectivity index is 0.000000838. The SMILES string of the molecule is COc1cc(OC)c(OC)c(C(=O)c2ccc(C(=O)OC3CCCNCC3NC(=O)c3ccc(O)cc3)cc2)c1OC.O=C(O)C(F)(F)F. The van der Waals surface area contributed by atoms with Gasteiger partial charge in [0.2, 0.25) is 5.78 Å². The maximum Gasteiger partial charge on any atom is 0.490 e. The van der Waals surface area contributed by atoms with Gasteiger partial charge in [0.1, 0.15) is 17.4 Å². The smallest absolute Gasteiger partial charge is 0.490 e. The number of benzene rings is 3. The summed E-state index contributed by atoms with van der Waals surface area (Å²) in [5.41, 5.74) is 1.01. The van der Waals surface area contributed by atoms with E-state index in [4.69, 9.17) is 33.6 Å². The van der Waals surface area contributed by atoms with Crippen LogP contribution in [0.15, 0.2) is 54.6 Å². The average Bonchev–Trinajstić information content (AvgIpc) is 3.31. The van der Waals surface area contributed by atoms with Crippen molar-refractivity contribution in [3.63, 3.8) is 0 Å². The summed E-state index contributed by atoms with van der Waals surface area (Å²) in [7, 11) is 5.74. The number of ether oxygens (including phenoxy) is 5. The Morgan fingerprint density at radius 1 is 0.816 bits per heavy atom. The first-order chi connectivity index (χ1) is 23.2. The molecule has 13 nitrogen and oxygen atoms in total. The van der Waals surface area contributed by atoms with Gasteiger partial charge in [-0.2, -0.15) is 13.2 Å². The second-order valence-electron chi connectivity index (χ2n) is 10.3. The number of carbonyl (C=O) groups excluding carboxylic acids is 3. The van der Waals surface area contributed by atoms with E-state index in [1.165, 1.54) is 77.0 Å². The van der Waals surface area contributed by atoms with Gasteiger partial charge in [0, 0.05) is 23.7 Å². The van der Waals surface area contributed by atoms with Crippen molar-refractivity contribution in [2.24, 2.45) is 0 Å². The van der Waals surface area contributed by atoms with Crippen LogP contribution in [0.4, 0.5) is 13.2 Å². The van der Waals surface area contributed by atoms with Gasteiger partial charge in [-0.3, -0.25) is 9.59 Å². The van der Waals surface area contributed by atoms with Gasteiger partial charge in [0.05, 0.1) is 40.0 Å². The Morgan fingerprint density at radius 2 is 1.33 bits per heavy atom. The highest BCUT2D eigenvalue weighted by molar-refractivity contribution is 6.14.